The molecule has 0 radical (unpaired) electrons. The van der Waals surface area contributed by atoms with E-state index in [0.717, 1.165) is 6.07 Å². The Balaban J connectivity index is 3.47. The van der Waals surface area contributed by atoms with Gasteiger partial charge >= 0.3 is 0 Å². The molecule has 0 aliphatic heterocycles. The van der Waals surface area contributed by atoms with Crippen molar-refractivity contribution >= 4 is 5.69 Å². The smallest absolute Gasteiger partial charge is 0.280 e. The highest BCUT2D eigenvalue weighted by Gasteiger charge is 2.15. The molecule has 1 aromatic rings. The average Bonchev–Trinajstić information content (AvgIpc) is 2.08. The van der Waals surface area contributed by atoms with Gasteiger partial charge in [0.25, 0.3) is 6.43 Å². The quantitative estimate of drug-likeness (QED) is 0.677. The van der Waals surface area contributed by atoms with Gasteiger partial charge in [0.05, 0.1) is 11.3 Å². The molecule has 0 saturated heterocycles. The predicted octanol–water partition coefficient (Wildman–Crippen LogP) is 0.766. The van der Waals surface area contributed by atoms with Crippen molar-refractivity contribution in [3.05, 3.63) is 27.7 Å². The van der Waals surface area contributed by atoms with Crippen molar-refractivity contribution in [1.29, 1.82) is 5.26 Å². The molecule has 0 atom stereocenters. The Labute approximate surface area is 71.6 Å². The third-order valence-electron chi connectivity index (χ3n) is 1.45. The van der Waals surface area contributed by atoms with Gasteiger partial charge in [-0.2, -0.15) is 5.26 Å². The van der Waals surface area contributed by atoms with Crippen LogP contribution in [0.2, 0.25) is 0 Å². The number of halogens is 2. The van der Waals surface area contributed by atoms with Crippen LogP contribution in [-0.4, -0.2) is 4.98 Å². The van der Waals surface area contributed by atoms with Gasteiger partial charge in [0, 0.05) is 6.07 Å². The Kier molecular flexibility index (Phi) is 2.28. The van der Waals surface area contributed by atoms with Gasteiger partial charge in [-0.1, -0.05) is 0 Å². The average molecular weight is 185 g/mol. The number of aromatic amines is 1. The summed E-state index contributed by atoms with van der Waals surface area (Å²) in [5, 5.41) is 8.42. The van der Waals surface area contributed by atoms with Crippen LogP contribution in [0.15, 0.2) is 10.9 Å². The molecule has 0 aliphatic carbocycles. The van der Waals surface area contributed by atoms with E-state index >= 15 is 0 Å². The summed E-state index contributed by atoms with van der Waals surface area (Å²) in [5.74, 6) is 0. The second-order valence-corrected chi connectivity index (χ2v) is 2.29. The monoisotopic (exact) mass is 185 g/mol. The van der Waals surface area contributed by atoms with E-state index in [1.54, 1.807) is 6.07 Å². The van der Waals surface area contributed by atoms with Crippen molar-refractivity contribution in [2.75, 3.05) is 5.73 Å². The molecule has 0 aromatic carbocycles. The molecular formula is C7H5F2N3O. The number of alkyl halides is 2. The van der Waals surface area contributed by atoms with Gasteiger partial charge in [0.2, 0.25) is 5.56 Å². The van der Waals surface area contributed by atoms with Crippen LogP contribution >= 0.6 is 0 Å². The van der Waals surface area contributed by atoms with Gasteiger partial charge in [-0.05, 0) is 0 Å². The zero-order valence-corrected chi connectivity index (χ0v) is 6.34. The van der Waals surface area contributed by atoms with Crippen LogP contribution in [0.3, 0.4) is 0 Å². The molecule has 4 nitrogen and oxygen atoms in total. The third kappa shape index (κ3) is 1.64. The van der Waals surface area contributed by atoms with Crippen LogP contribution in [-0.2, 0) is 0 Å². The van der Waals surface area contributed by atoms with E-state index in [0.29, 0.717) is 0 Å². The minimum Gasteiger partial charge on any atom is -0.396 e. The zero-order valence-electron chi connectivity index (χ0n) is 6.34. The molecule has 0 amide bonds. The third-order valence-corrected chi connectivity index (χ3v) is 1.45. The summed E-state index contributed by atoms with van der Waals surface area (Å²) < 4.78 is 24.3. The number of nitrogens with zero attached hydrogens (tertiary/aromatic N) is 1. The van der Waals surface area contributed by atoms with E-state index in [-0.39, 0.29) is 11.3 Å². The lowest BCUT2D eigenvalue weighted by molar-refractivity contribution is 0.146. The van der Waals surface area contributed by atoms with Crippen molar-refractivity contribution in [3.8, 4) is 6.07 Å². The molecule has 0 bridgehead atoms. The molecule has 1 aromatic heterocycles. The minimum atomic E-state index is -2.89. The van der Waals surface area contributed by atoms with Crippen molar-refractivity contribution in [2.24, 2.45) is 0 Å². The summed E-state index contributed by atoms with van der Waals surface area (Å²) in [7, 11) is 0. The van der Waals surface area contributed by atoms with Crippen LogP contribution in [0.25, 0.3) is 0 Å². The topological polar surface area (TPSA) is 82.7 Å². The highest BCUT2D eigenvalue weighted by molar-refractivity contribution is 5.56. The lowest BCUT2D eigenvalue weighted by atomic mass is 10.2. The van der Waals surface area contributed by atoms with E-state index in [1.807, 2.05) is 4.98 Å². The standard InChI is InChI=1S/C7H5F2N3O/c8-7(9)6-5(11)3(2-10)1-4(13)12-6/h1,7H,11H2,(H,12,13). The highest BCUT2D eigenvalue weighted by Crippen LogP contribution is 2.23. The van der Waals surface area contributed by atoms with Crippen LogP contribution < -0.4 is 11.3 Å². The summed E-state index contributed by atoms with van der Waals surface area (Å²) in [6.07, 6.45) is -2.89. The number of pyridine rings is 1. The number of hydrogen-bond donors (Lipinski definition) is 2. The predicted molar refractivity (Wildman–Crippen MR) is 41.1 cm³/mol. The molecule has 1 rings (SSSR count). The lowest BCUT2D eigenvalue weighted by Gasteiger charge is -2.04. The zero-order chi connectivity index (χ0) is 10.0. The fourth-order valence-corrected chi connectivity index (χ4v) is 0.855. The van der Waals surface area contributed by atoms with E-state index in [9.17, 15) is 13.6 Å². The fourth-order valence-electron chi connectivity index (χ4n) is 0.855. The summed E-state index contributed by atoms with van der Waals surface area (Å²) in [4.78, 5) is 12.6. The van der Waals surface area contributed by atoms with Crippen molar-refractivity contribution in [2.45, 2.75) is 6.43 Å². The largest absolute Gasteiger partial charge is 0.396 e. The lowest BCUT2D eigenvalue weighted by Crippen LogP contribution is -2.12. The number of anilines is 1. The first-order valence-electron chi connectivity index (χ1n) is 3.27. The number of aromatic nitrogens is 1. The van der Waals surface area contributed by atoms with Gasteiger partial charge in [-0.25, -0.2) is 8.78 Å². The van der Waals surface area contributed by atoms with E-state index in [4.69, 9.17) is 11.0 Å². The Bertz CT molecular complexity index is 419. The molecule has 68 valence electrons. The summed E-state index contributed by atoms with van der Waals surface area (Å²) in [6, 6.07) is 2.43. The number of nitrogens with two attached hydrogens (primary N) is 1. The molecule has 0 unspecified atom stereocenters. The number of nitrogen functional groups attached to an aromatic ring is 1. The van der Waals surface area contributed by atoms with Gasteiger partial charge in [-0.3, -0.25) is 4.79 Å². The SMILES string of the molecule is N#Cc1cc(=O)[nH]c(C(F)F)c1N. The first-order chi connectivity index (χ1) is 6.06. The first kappa shape index (κ1) is 9.19. The van der Waals surface area contributed by atoms with Crippen molar-refractivity contribution in [3.63, 3.8) is 0 Å². The first-order valence-corrected chi connectivity index (χ1v) is 3.27. The molecule has 0 saturated carbocycles. The van der Waals surface area contributed by atoms with E-state index in [2.05, 4.69) is 0 Å². The second kappa shape index (κ2) is 3.23. The molecule has 3 N–H and O–H groups in total. The van der Waals surface area contributed by atoms with Gasteiger partial charge < -0.3 is 10.7 Å². The van der Waals surface area contributed by atoms with Crippen LogP contribution in [0.1, 0.15) is 17.7 Å². The van der Waals surface area contributed by atoms with Gasteiger partial charge in [0.15, 0.2) is 0 Å². The Hall–Kier alpha value is -1.90. The van der Waals surface area contributed by atoms with Gasteiger partial charge in [-0.15, -0.1) is 0 Å². The van der Waals surface area contributed by atoms with Crippen molar-refractivity contribution < 1.29 is 8.78 Å². The second-order valence-electron chi connectivity index (χ2n) is 2.29. The highest BCUT2D eigenvalue weighted by atomic mass is 19.3. The van der Waals surface area contributed by atoms with E-state index in [1.165, 1.54) is 0 Å². The Morgan fingerprint density at radius 1 is 1.62 bits per heavy atom. The molecule has 6 heteroatoms. The maximum Gasteiger partial charge on any atom is 0.280 e. The molecule has 0 spiro atoms. The Morgan fingerprint density at radius 2 is 2.23 bits per heavy atom. The van der Waals surface area contributed by atoms with Crippen LogP contribution in [0.5, 0.6) is 0 Å². The number of nitriles is 1. The van der Waals surface area contributed by atoms with E-state index < -0.39 is 17.7 Å². The van der Waals surface area contributed by atoms with Crippen LogP contribution in [0, 0.1) is 11.3 Å². The van der Waals surface area contributed by atoms with Crippen LogP contribution in [0.4, 0.5) is 14.5 Å². The fraction of sp³-hybridized carbons (Fsp3) is 0.143. The molecule has 13 heavy (non-hydrogen) atoms. The number of H-pyrrole nitrogens is 1. The number of nitrogens with one attached hydrogen (secondary N) is 1. The minimum absolute atomic E-state index is 0.237. The van der Waals surface area contributed by atoms with Crippen molar-refractivity contribution in [1.82, 2.24) is 4.98 Å². The summed E-state index contributed by atoms with van der Waals surface area (Å²) >= 11 is 0. The molecule has 0 aliphatic rings. The maximum atomic E-state index is 12.2. The normalized spacial score (nSPS) is 10.0. The summed E-state index contributed by atoms with van der Waals surface area (Å²) in [6.45, 7) is 0. The number of rotatable bonds is 1. The summed E-state index contributed by atoms with van der Waals surface area (Å²) in [5.41, 5.74) is 3.11. The Morgan fingerprint density at radius 3 is 2.69 bits per heavy atom. The molecular weight excluding hydrogens is 180 g/mol. The number of hydrogen-bond acceptors (Lipinski definition) is 3. The van der Waals surface area contributed by atoms with Gasteiger partial charge in [0.1, 0.15) is 11.8 Å². The molecule has 1 heterocycles. The molecule has 0 fully saturated rings. The maximum absolute atomic E-state index is 12.2.